The Hall–Kier alpha value is -3.49. The van der Waals surface area contributed by atoms with Crippen LogP contribution in [0.5, 0.6) is 0 Å². The first-order chi connectivity index (χ1) is 18.7. The number of likely N-dealkylation sites (N-methyl/N-ethyl adjacent to an activating group) is 1. The van der Waals surface area contributed by atoms with E-state index in [0.29, 0.717) is 39.4 Å². The Bertz CT molecular complexity index is 1480. The van der Waals surface area contributed by atoms with E-state index in [1.165, 1.54) is 34.4 Å². The van der Waals surface area contributed by atoms with Crippen molar-refractivity contribution >= 4 is 58.1 Å². The van der Waals surface area contributed by atoms with E-state index in [9.17, 15) is 19.6 Å². The number of benzene rings is 2. The van der Waals surface area contributed by atoms with Crippen molar-refractivity contribution in [1.29, 1.82) is 5.26 Å². The molecule has 0 aliphatic carbocycles. The molecule has 2 aliphatic rings. The van der Waals surface area contributed by atoms with Crippen molar-refractivity contribution in [2.45, 2.75) is 24.9 Å². The summed E-state index contributed by atoms with van der Waals surface area (Å²) in [6.07, 6.45) is 0. The molecule has 3 aromatic rings. The zero-order valence-corrected chi connectivity index (χ0v) is 23.4. The Morgan fingerprint density at radius 1 is 1.21 bits per heavy atom. The average Bonchev–Trinajstić information content (AvgIpc) is 3.58. The number of hydrogen-bond donors (Lipinski definition) is 0. The Labute approximate surface area is 239 Å². The molecule has 2 atom stereocenters. The minimum absolute atomic E-state index is 0.234. The summed E-state index contributed by atoms with van der Waals surface area (Å²) in [4.78, 5) is 49.1. The van der Waals surface area contributed by atoms with Crippen LogP contribution in [0.3, 0.4) is 0 Å². The SMILES string of the molecule is CCOC(=O)c1csc(CN2C[C@@H](c3ccc(C#N)cc3)[C@]3(C2)C(=O)N(c2cc(Cl)cc(Cl)c2)C(=O)N3C)n1. The summed E-state index contributed by atoms with van der Waals surface area (Å²) in [7, 11) is 1.62. The van der Waals surface area contributed by atoms with Crippen LogP contribution < -0.4 is 4.90 Å². The maximum atomic E-state index is 14.3. The van der Waals surface area contributed by atoms with Gasteiger partial charge in [-0.05, 0) is 42.8 Å². The predicted molar refractivity (Wildman–Crippen MR) is 147 cm³/mol. The lowest BCUT2D eigenvalue weighted by atomic mass is 9.80. The monoisotopic (exact) mass is 583 g/mol. The minimum Gasteiger partial charge on any atom is -0.461 e. The van der Waals surface area contributed by atoms with Gasteiger partial charge in [-0.15, -0.1) is 11.3 Å². The van der Waals surface area contributed by atoms with E-state index >= 15 is 0 Å². The molecule has 5 rings (SSSR count). The van der Waals surface area contributed by atoms with Gasteiger partial charge in [-0.1, -0.05) is 35.3 Å². The molecule has 1 aromatic heterocycles. The highest BCUT2D eigenvalue weighted by molar-refractivity contribution is 7.09. The molecule has 12 heteroatoms. The topological polar surface area (TPSA) is 107 Å². The standard InChI is InChI=1S/C27H23Cl2N5O4S/c1-3-38-24(35)22-14-39-23(31-22)13-33-12-21(17-6-4-16(11-30)5-7-17)27(15-33)25(36)34(26(37)32(27)2)20-9-18(28)8-19(29)10-20/h4-10,14,21H,3,12-13,15H2,1-2H3/t21-,27+/m0/s1. The number of hydrogen-bond acceptors (Lipinski definition) is 8. The normalized spacial score (nSPS) is 21.2. The number of thiazole rings is 1. The first kappa shape index (κ1) is 27.1. The molecule has 39 heavy (non-hydrogen) atoms. The van der Waals surface area contributed by atoms with Crippen molar-refractivity contribution in [2.24, 2.45) is 0 Å². The fourth-order valence-electron chi connectivity index (χ4n) is 5.29. The molecular weight excluding hydrogens is 561 g/mol. The predicted octanol–water partition coefficient (Wildman–Crippen LogP) is 4.94. The van der Waals surface area contributed by atoms with E-state index in [1.54, 1.807) is 31.5 Å². The molecule has 2 aromatic carbocycles. The highest BCUT2D eigenvalue weighted by Gasteiger charge is 2.64. The van der Waals surface area contributed by atoms with Crippen LogP contribution in [-0.4, -0.2) is 65.0 Å². The molecule has 3 heterocycles. The Morgan fingerprint density at radius 2 is 1.90 bits per heavy atom. The number of nitriles is 1. The van der Waals surface area contributed by atoms with Crippen molar-refractivity contribution in [3.8, 4) is 6.07 Å². The zero-order valence-electron chi connectivity index (χ0n) is 21.1. The van der Waals surface area contributed by atoms with E-state index in [0.717, 1.165) is 10.5 Å². The van der Waals surface area contributed by atoms with Gasteiger partial charge in [0.1, 0.15) is 10.5 Å². The van der Waals surface area contributed by atoms with Gasteiger partial charge in [-0.3, -0.25) is 9.69 Å². The molecule has 0 unspecified atom stereocenters. The number of rotatable bonds is 6. The summed E-state index contributed by atoms with van der Waals surface area (Å²) in [5, 5.41) is 12.2. The molecule has 0 radical (unpaired) electrons. The summed E-state index contributed by atoms with van der Waals surface area (Å²) in [5.74, 6) is -1.28. The lowest BCUT2D eigenvalue weighted by molar-refractivity contribution is -0.124. The fourth-order valence-corrected chi connectivity index (χ4v) is 6.61. The number of urea groups is 1. The lowest BCUT2D eigenvalue weighted by Crippen LogP contribution is -2.53. The first-order valence-corrected chi connectivity index (χ1v) is 13.7. The van der Waals surface area contributed by atoms with Gasteiger partial charge in [-0.25, -0.2) is 19.5 Å². The summed E-state index contributed by atoms with van der Waals surface area (Å²) in [6, 6.07) is 13.3. The second-order valence-corrected chi connectivity index (χ2v) is 11.2. The zero-order chi connectivity index (χ0) is 27.9. The van der Waals surface area contributed by atoms with Crippen LogP contribution in [0.4, 0.5) is 10.5 Å². The van der Waals surface area contributed by atoms with Crippen molar-refractivity contribution < 1.29 is 19.1 Å². The summed E-state index contributed by atoms with van der Waals surface area (Å²) in [5.41, 5.74) is 0.613. The number of ether oxygens (including phenoxy) is 1. The molecule has 2 aliphatic heterocycles. The van der Waals surface area contributed by atoms with Crippen LogP contribution in [0, 0.1) is 11.3 Å². The lowest BCUT2D eigenvalue weighted by Gasteiger charge is -2.34. The van der Waals surface area contributed by atoms with Gasteiger partial charge in [0.15, 0.2) is 5.69 Å². The van der Waals surface area contributed by atoms with Crippen LogP contribution in [0.25, 0.3) is 0 Å². The molecule has 1 spiro atoms. The molecule has 3 amide bonds. The van der Waals surface area contributed by atoms with Crippen LogP contribution in [0.2, 0.25) is 10.0 Å². The van der Waals surface area contributed by atoms with Crippen molar-refractivity contribution in [3.05, 3.63) is 79.7 Å². The van der Waals surface area contributed by atoms with Crippen molar-refractivity contribution in [2.75, 3.05) is 31.6 Å². The largest absolute Gasteiger partial charge is 0.461 e. The number of imide groups is 1. The Kier molecular flexibility index (Phi) is 7.35. The molecule has 9 nitrogen and oxygen atoms in total. The van der Waals surface area contributed by atoms with Crippen molar-refractivity contribution in [3.63, 3.8) is 0 Å². The molecule has 0 bridgehead atoms. The molecule has 0 N–H and O–H groups in total. The van der Waals surface area contributed by atoms with E-state index in [2.05, 4.69) is 11.1 Å². The van der Waals surface area contributed by atoms with Gasteiger partial charge in [0, 0.05) is 41.5 Å². The molecular formula is C27H23Cl2N5O4S. The Balaban J connectivity index is 1.52. The number of nitrogens with zero attached hydrogens (tertiary/aromatic N) is 5. The molecule has 200 valence electrons. The third-order valence-corrected chi connectivity index (χ3v) is 8.34. The number of likely N-dealkylation sites (tertiary alicyclic amines) is 1. The van der Waals surface area contributed by atoms with Crippen LogP contribution in [-0.2, 0) is 16.1 Å². The minimum atomic E-state index is -1.23. The van der Waals surface area contributed by atoms with Crippen LogP contribution >= 0.6 is 34.5 Å². The molecule has 2 saturated heterocycles. The highest BCUT2D eigenvalue weighted by Crippen LogP contribution is 2.47. The highest BCUT2D eigenvalue weighted by atomic mass is 35.5. The van der Waals surface area contributed by atoms with Gasteiger partial charge in [0.05, 0.1) is 30.5 Å². The average molecular weight is 584 g/mol. The number of amides is 3. The van der Waals surface area contributed by atoms with Gasteiger partial charge in [0.2, 0.25) is 0 Å². The van der Waals surface area contributed by atoms with E-state index in [1.807, 2.05) is 17.0 Å². The number of carbonyl (C=O) groups excluding carboxylic acids is 3. The van der Waals surface area contributed by atoms with Gasteiger partial charge >= 0.3 is 12.0 Å². The second kappa shape index (κ2) is 10.6. The number of aromatic nitrogens is 1. The number of esters is 1. The maximum absolute atomic E-state index is 14.3. The van der Waals surface area contributed by atoms with Gasteiger partial charge in [-0.2, -0.15) is 5.26 Å². The number of carbonyl (C=O) groups is 3. The third kappa shape index (κ3) is 4.76. The second-order valence-electron chi connectivity index (χ2n) is 9.34. The summed E-state index contributed by atoms with van der Waals surface area (Å²) < 4.78 is 5.05. The summed E-state index contributed by atoms with van der Waals surface area (Å²) >= 11 is 13.7. The van der Waals surface area contributed by atoms with E-state index < -0.39 is 29.4 Å². The smallest absolute Gasteiger partial charge is 0.357 e. The fraction of sp³-hybridized carbons (Fsp3) is 0.296. The van der Waals surface area contributed by atoms with E-state index in [-0.39, 0.29) is 18.8 Å². The Morgan fingerprint density at radius 3 is 2.54 bits per heavy atom. The quantitative estimate of drug-likeness (QED) is 0.299. The summed E-state index contributed by atoms with van der Waals surface area (Å²) in [6.45, 7) is 3.03. The maximum Gasteiger partial charge on any atom is 0.357 e. The van der Waals surface area contributed by atoms with E-state index in [4.69, 9.17) is 27.9 Å². The number of anilines is 1. The van der Waals surface area contributed by atoms with Gasteiger partial charge in [0.25, 0.3) is 5.91 Å². The third-order valence-electron chi connectivity index (χ3n) is 7.07. The molecule has 2 fully saturated rings. The van der Waals surface area contributed by atoms with Crippen molar-refractivity contribution in [1.82, 2.24) is 14.8 Å². The van der Waals surface area contributed by atoms with Gasteiger partial charge < -0.3 is 9.64 Å². The van der Waals surface area contributed by atoms with Crippen LogP contribution in [0.1, 0.15) is 39.5 Å². The van der Waals surface area contributed by atoms with Crippen LogP contribution in [0.15, 0.2) is 47.8 Å². The molecule has 0 saturated carbocycles. The first-order valence-electron chi connectivity index (χ1n) is 12.1. The number of halogens is 2.